The summed E-state index contributed by atoms with van der Waals surface area (Å²) in [7, 11) is 0. The average Bonchev–Trinajstić information content (AvgIpc) is 2.36. The number of anilines is 1. The molecular formula is C13H19N3O2. The Hall–Kier alpha value is -2.04. The van der Waals surface area contributed by atoms with E-state index in [2.05, 4.69) is 10.6 Å². The number of carbonyl (C=O) groups excluding carboxylic acids is 2. The van der Waals surface area contributed by atoms with Gasteiger partial charge < -0.3 is 16.4 Å². The van der Waals surface area contributed by atoms with Crippen LogP contribution in [0.5, 0.6) is 0 Å². The Morgan fingerprint density at radius 3 is 2.50 bits per heavy atom. The first-order valence-electron chi connectivity index (χ1n) is 6.01. The Balaban J connectivity index is 2.55. The van der Waals surface area contributed by atoms with Crippen molar-refractivity contribution in [2.45, 2.75) is 25.8 Å². The van der Waals surface area contributed by atoms with Crippen LogP contribution in [0.4, 0.5) is 5.69 Å². The molecule has 0 aliphatic rings. The highest BCUT2D eigenvalue weighted by Gasteiger charge is 2.18. The zero-order valence-electron chi connectivity index (χ0n) is 10.5. The molecule has 0 fully saturated rings. The standard InChI is InChI=1S/C13H19N3O2/c1-2-8-15-12(17)9-11(13(14)18)16-10-6-4-3-5-7-10/h3-7,11,16H,2,8-9H2,1H3,(H2,14,18)(H,15,17). The van der Waals surface area contributed by atoms with E-state index in [9.17, 15) is 9.59 Å². The topological polar surface area (TPSA) is 84.2 Å². The van der Waals surface area contributed by atoms with E-state index in [0.29, 0.717) is 6.54 Å². The van der Waals surface area contributed by atoms with Crippen LogP contribution in [0.25, 0.3) is 0 Å². The molecule has 5 nitrogen and oxygen atoms in total. The SMILES string of the molecule is CCCNC(=O)CC(Nc1ccccc1)C(N)=O. The highest BCUT2D eigenvalue weighted by molar-refractivity contribution is 5.89. The van der Waals surface area contributed by atoms with Gasteiger partial charge in [-0.3, -0.25) is 9.59 Å². The van der Waals surface area contributed by atoms with Crippen molar-refractivity contribution in [3.63, 3.8) is 0 Å². The molecule has 2 amide bonds. The van der Waals surface area contributed by atoms with Gasteiger partial charge >= 0.3 is 0 Å². The lowest BCUT2D eigenvalue weighted by molar-refractivity contribution is -0.125. The van der Waals surface area contributed by atoms with Crippen molar-refractivity contribution < 1.29 is 9.59 Å². The van der Waals surface area contributed by atoms with Crippen molar-refractivity contribution in [3.8, 4) is 0 Å². The minimum Gasteiger partial charge on any atom is -0.373 e. The summed E-state index contributed by atoms with van der Waals surface area (Å²) in [5.74, 6) is -0.713. The zero-order valence-corrected chi connectivity index (χ0v) is 10.5. The number of nitrogens with two attached hydrogens (primary N) is 1. The molecule has 0 saturated heterocycles. The molecule has 4 N–H and O–H groups in total. The lowest BCUT2D eigenvalue weighted by Gasteiger charge is -2.16. The fraction of sp³-hybridized carbons (Fsp3) is 0.385. The molecule has 0 saturated carbocycles. The second kappa shape index (κ2) is 7.32. The molecule has 0 aliphatic heterocycles. The molecule has 1 atom stereocenters. The Labute approximate surface area is 107 Å². The smallest absolute Gasteiger partial charge is 0.240 e. The van der Waals surface area contributed by atoms with E-state index in [4.69, 9.17) is 5.73 Å². The second-order valence-corrected chi connectivity index (χ2v) is 4.02. The van der Waals surface area contributed by atoms with Crippen LogP contribution in [0, 0.1) is 0 Å². The molecule has 0 heterocycles. The molecule has 18 heavy (non-hydrogen) atoms. The van der Waals surface area contributed by atoms with Crippen molar-refractivity contribution in [1.29, 1.82) is 0 Å². The van der Waals surface area contributed by atoms with Crippen LogP contribution in [-0.2, 0) is 9.59 Å². The van der Waals surface area contributed by atoms with Gasteiger partial charge in [0.2, 0.25) is 11.8 Å². The van der Waals surface area contributed by atoms with Crippen LogP contribution in [-0.4, -0.2) is 24.4 Å². The molecular weight excluding hydrogens is 230 g/mol. The highest BCUT2D eigenvalue weighted by Crippen LogP contribution is 2.08. The number of benzene rings is 1. The number of hydrogen-bond donors (Lipinski definition) is 3. The van der Waals surface area contributed by atoms with Gasteiger partial charge in [0.15, 0.2) is 0 Å². The second-order valence-electron chi connectivity index (χ2n) is 4.02. The Bertz CT molecular complexity index is 392. The summed E-state index contributed by atoms with van der Waals surface area (Å²) in [4.78, 5) is 22.8. The fourth-order valence-electron chi connectivity index (χ4n) is 1.48. The maximum absolute atomic E-state index is 11.5. The van der Waals surface area contributed by atoms with Crippen molar-refractivity contribution in [2.75, 3.05) is 11.9 Å². The predicted octanol–water partition coefficient (Wildman–Crippen LogP) is 0.869. The van der Waals surface area contributed by atoms with Crippen molar-refractivity contribution in [2.24, 2.45) is 5.73 Å². The Morgan fingerprint density at radius 2 is 1.94 bits per heavy atom. The molecule has 1 aromatic carbocycles. The summed E-state index contributed by atoms with van der Waals surface area (Å²) in [6.45, 7) is 2.57. The van der Waals surface area contributed by atoms with Crippen molar-refractivity contribution in [1.82, 2.24) is 5.32 Å². The minimum absolute atomic E-state index is 0.0459. The van der Waals surface area contributed by atoms with Gasteiger partial charge in [0.05, 0.1) is 6.42 Å². The van der Waals surface area contributed by atoms with Crippen LogP contribution in [0.1, 0.15) is 19.8 Å². The maximum Gasteiger partial charge on any atom is 0.240 e. The minimum atomic E-state index is -0.691. The third-order valence-corrected chi connectivity index (χ3v) is 2.42. The molecule has 0 radical (unpaired) electrons. The summed E-state index contributed by atoms with van der Waals surface area (Å²) in [6, 6.07) is 8.51. The first kappa shape index (κ1) is 14.0. The molecule has 98 valence electrons. The summed E-state index contributed by atoms with van der Waals surface area (Å²) < 4.78 is 0. The summed E-state index contributed by atoms with van der Waals surface area (Å²) in [6.07, 6.45) is 0.906. The number of para-hydroxylation sites is 1. The van der Waals surface area contributed by atoms with E-state index in [-0.39, 0.29) is 12.3 Å². The van der Waals surface area contributed by atoms with Gasteiger partial charge in [-0.1, -0.05) is 25.1 Å². The van der Waals surface area contributed by atoms with E-state index in [1.807, 2.05) is 37.3 Å². The quantitative estimate of drug-likeness (QED) is 0.670. The van der Waals surface area contributed by atoms with E-state index >= 15 is 0 Å². The average molecular weight is 249 g/mol. The summed E-state index contributed by atoms with van der Waals surface area (Å²) >= 11 is 0. The van der Waals surface area contributed by atoms with E-state index in [1.165, 1.54) is 0 Å². The van der Waals surface area contributed by atoms with Gasteiger partial charge in [0, 0.05) is 12.2 Å². The first-order valence-corrected chi connectivity index (χ1v) is 6.01. The molecule has 0 bridgehead atoms. The summed E-state index contributed by atoms with van der Waals surface area (Å²) in [5, 5.41) is 5.67. The monoisotopic (exact) mass is 249 g/mol. The normalized spacial score (nSPS) is 11.6. The van der Waals surface area contributed by atoms with Gasteiger partial charge in [-0.05, 0) is 18.6 Å². The molecule has 1 unspecified atom stereocenters. The van der Waals surface area contributed by atoms with Crippen molar-refractivity contribution >= 4 is 17.5 Å². The van der Waals surface area contributed by atoms with Crippen molar-refractivity contribution in [3.05, 3.63) is 30.3 Å². The van der Waals surface area contributed by atoms with E-state index in [1.54, 1.807) is 0 Å². The van der Waals surface area contributed by atoms with Gasteiger partial charge in [0.1, 0.15) is 6.04 Å². The molecule has 1 rings (SSSR count). The lowest BCUT2D eigenvalue weighted by Crippen LogP contribution is -2.40. The third-order valence-electron chi connectivity index (χ3n) is 2.42. The highest BCUT2D eigenvalue weighted by atomic mass is 16.2. The van der Waals surface area contributed by atoms with Crippen LogP contribution >= 0.6 is 0 Å². The number of nitrogens with one attached hydrogen (secondary N) is 2. The lowest BCUT2D eigenvalue weighted by atomic mass is 10.1. The van der Waals surface area contributed by atoms with Gasteiger partial charge in [-0.15, -0.1) is 0 Å². The van der Waals surface area contributed by atoms with E-state index < -0.39 is 11.9 Å². The molecule has 1 aromatic rings. The number of amides is 2. The van der Waals surface area contributed by atoms with Gasteiger partial charge in [-0.25, -0.2) is 0 Å². The Kier molecular flexibility index (Phi) is 5.70. The van der Waals surface area contributed by atoms with Crippen LogP contribution in [0.15, 0.2) is 30.3 Å². The largest absolute Gasteiger partial charge is 0.373 e. The van der Waals surface area contributed by atoms with Gasteiger partial charge in [0.25, 0.3) is 0 Å². The van der Waals surface area contributed by atoms with Crippen LogP contribution < -0.4 is 16.4 Å². The number of rotatable bonds is 7. The van der Waals surface area contributed by atoms with Crippen LogP contribution in [0.2, 0.25) is 0 Å². The fourth-order valence-corrected chi connectivity index (χ4v) is 1.48. The first-order chi connectivity index (χ1) is 8.63. The third kappa shape index (κ3) is 4.86. The number of primary amides is 1. The molecule has 0 aromatic heterocycles. The maximum atomic E-state index is 11.5. The van der Waals surface area contributed by atoms with Crippen LogP contribution in [0.3, 0.4) is 0 Å². The van der Waals surface area contributed by atoms with E-state index in [0.717, 1.165) is 12.1 Å². The predicted molar refractivity (Wildman–Crippen MR) is 71.0 cm³/mol. The number of hydrogen-bond acceptors (Lipinski definition) is 3. The Morgan fingerprint density at radius 1 is 1.28 bits per heavy atom. The molecule has 5 heteroatoms. The molecule has 0 spiro atoms. The zero-order chi connectivity index (χ0) is 13.4. The van der Waals surface area contributed by atoms with Gasteiger partial charge in [-0.2, -0.15) is 0 Å². The summed E-state index contributed by atoms with van der Waals surface area (Å²) in [5.41, 5.74) is 6.05. The molecule has 0 aliphatic carbocycles. The number of carbonyl (C=O) groups is 2.